The summed E-state index contributed by atoms with van der Waals surface area (Å²) in [5.41, 5.74) is 1.92. The molecule has 0 saturated carbocycles. The molecular weight excluding hydrogens is 456 g/mol. The number of para-hydroxylation sites is 1. The maximum absolute atomic E-state index is 13.3. The van der Waals surface area contributed by atoms with Crippen LogP contribution < -0.4 is 0 Å². The van der Waals surface area contributed by atoms with Gasteiger partial charge in [-0.3, -0.25) is 9.59 Å². The molecule has 2 aromatic carbocycles. The van der Waals surface area contributed by atoms with Gasteiger partial charge in [0.25, 0.3) is 11.8 Å². The molecule has 1 fully saturated rings. The summed E-state index contributed by atoms with van der Waals surface area (Å²) in [7, 11) is 0. The Hall–Kier alpha value is -4.04. The second-order valence-corrected chi connectivity index (χ2v) is 8.32. The molecule has 9 heteroatoms. The average Bonchev–Trinajstić information content (AvgIpc) is 3.54. The molecule has 4 aromatic rings. The van der Waals surface area contributed by atoms with Crippen LogP contribution in [0.25, 0.3) is 17.1 Å². The van der Waals surface area contributed by atoms with E-state index in [1.165, 1.54) is 6.07 Å². The predicted octanol–water partition coefficient (Wildman–Crippen LogP) is 4.09. The van der Waals surface area contributed by atoms with Gasteiger partial charge >= 0.3 is 0 Å². The van der Waals surface area contributed by atoms with Crippen molar-refractivity contribution >= 4 is 23.4 Å². The molecular formula is C25H21ClN4O4. The molecule has 0 radical (unpaired) electrons. The van der Waals surface area contributed by atoms with Crippen LogP contribution in [0.2, 0.25) is 5.02 Å². The van der Waals surface area contributed by atoms with Crippen LogP contribution in [0.3, 0.4) is 0 Å². The van der Waals surface area contributed by atoms with Crippen molar-refractivity contribution in [3.05, 3.63) is 89.3 Å². The number of phenolic OH excluding ortho intramolecular Hbond substituents is 1. The van der Waals surface area contributed by atoms with Gasteiger partial charge in [-0.05, 0) is 48.5 Å². The third-order valence-electron chi connectivity index (χ3n) is 5.76. The van der Waals surface area contributed by atoms with E-state index in [1.54, 1.807) is 69.3 Å². The summed E-state index contributed by atoms with van der Waals surface area (Å²) >= 11 is 6.03. The quantitative estimate of drug-likeness (QED) is 0.479. The number of aromatic nitrogens is 2. The molecule has 2 aromatic heterocycles. The van der Waals surface area contributed by atoms with Crippen LogP contribution in [0.1, 0.15) is 20.8 Å². The Bertz CT molecular complexity index is 1320. The lowest BCUT2D eigenvalue weighted by Crippen LogP contribution is -2.50. The highest BCUT2D eigenvalue weighted by Gasteiger charge is 2.28. The Labute approximate surface area is 200 Å². The molecule has 3 heterocycles. The van der Waals surface area contributed by atoms with Gasteiger partial charge in [-0.1, -0.05) is 23.7 Å². The normalized spacial score (nSPS) is 13.8. The van der Waals surface area contributed by atoms with Gasteiger partial charge in [0.05, 0.1) is 17.5 Å². The molecule has 2 amide bonds. The van der Waals surface area contributed by atoms with E-state index in [2.05, 4.69) is 5.10 Å². The molecule has 0 aliphatic carbocycles. The lowest BCUT2D eigenvalue weighted by molar-refractivity contribution is 0.0530. The smallest absolute Gasteiger partial charge is 0.274 e. The topological polar surface area (TPSA) is 91.8 Å². The number of halogens is 1. The lowest BCUT2D eigenvalue weighted by atomic mass is 10.1. The summed E-state index contributed by atoms with van der Waals surface area (Å²) in [4.78, 5) is 29.3. The minimum Gasteiger partial charge on any atom is -0.507 e. The summed E-state index contributed by atoms with van der Waals surface area (Å²) < 4.78 is 7.21. The summed E-state index contributed by atoms with van der Waals surface area (Å²) in [5, 5.41) is 15.1. The molecule has 0 atom stereocenters. The first-order valence-electron chi connectivity index (χ1n) is 10.8. The van der Waals surface area contributed by atoms with Crippen molar-refractivity contribution in [3.63, 3.8) is 0 Å². The molecule has 1 aliphatic heterocycles. The van der Waals surface area contributed by atoms with E-state index in [0.717, 1.165) is 5.69 Å². The van der Waals surface area contributed by atoms with Crippen LogP contribution in [0.5, 0.6) is 5.75 Å². The van der Waals surface area contributed by atoms with Crippen molar-refractivity contribution < 1.29 is 19.1 Å². The van der Waals surface area contributed by atoms with Gasteiger partial charge < -0.3 is 19.3 Å². The maximum atomic E-state index is 13.3. The summed E-state index contributed by atoms with van der Waals surface area (Å²) in [5.74, 6) is 0.0521. The number of furan rings is 1. The summed E-state index contributed by atoms with van der Waals surface area (Å²) in [6, 6.07) is 18.9. The molecule has 1 saturated heterocycles. The van der Waals surface area contributed by atoms with Crippen LogP contribution in [0, 0.1) is 0 Å². The molecule has 5 rings (SSSR count). The minimum atomic E-state index is -0.252. The number of phenols is 1. The van der Waals surface area contributed by atoms with Crippen molar-refractivity contribution in [3.8, 4) is 22.9 Å². The molecule has 0 spiro atoms. The summed E-state index contributed by atoms with van der Waals surface area (Å²) in [6.07, 6.45) is 1.57. The van der Waals surface area contributed by atoms with E-state index in [4.69, 9.17) is 16.0 Å². The van der Waals surface area contributed by atoms with Crippen molar-refractivity contribution in [1.29, 1.82) is 0 Å². The predicted molar refractivity (Wildman–Crippen MR) is 126 cm³/mol. The molecule has 1 N–H and O–H groups in total. The SMILES string of the molecule is O=C(c1cc(-c2ccco2)n(-c2ccc(Cl)cc2)n1)N1CCN(C(=O)c2ccccc2O)CC1. The van der Waals surface area contributed by atoms with Crippen LogP contribution in [-0.4, -0.2) is 62.7 Å². The number of benzene rings is 2. The van der Waals surface area contributed by atoms with Crippen LogP contribution in [-0.2, 0) is 0 Å². The zero-order chi connectivity index (χ0) is 23.7. The van der Waals surface area contributed by atoms with E-state index in [0.29, 0.717) is 42.7 Å². The van der Waals surface area contributed by atoms with E-state index in [-0.39, 0.29) is 28.8 Å². The highest BCUT2D eigenvalue weighted by molar-refractivity contribution is 6.30. The maximum Gasteiger partial charge on any atom is 0.274 e. The number of aromatic hydroxyl groups is 1. The fourth-order valence-electron chi connectivity index (χ4n) is 3.96. The first-order valence-corrected chi connectivity index (χ1v) is 11.2. The number of carbonyl (C=O) groups is 2. The zero-order valence-corrected chi connectivity index (χ0v) is 18.9. The Morgan fingerprint density at radius 2 is 1.56 bits per heavy atom. The highest BCUT2D eigenvalue weighted by Crippen LogP contribution is 2.26. The number of hydrogen-bond acceptors (Lipinski definition) is 5. The van der Waals surface area contributed by atoms with Gasteiger partial charge in [-0.25, -0.2) is 4.68 Å². The van der Waals surface area contributed by atoms with Crippen LogP contribution >= 0.6 is 11.6 Å². The number of hydrogen-bond donors (Lipinski definition) is 1. The summed E-state index contributed by atoms with van der Waals surface area (Å²) in [6.45, 7) is 1.45. The number of nitrogens with zero attached hydrogens (tertiary/aromatic N) is 4. The fourth-order valence-corrected chi connectivity index (χ4v) is 4.09. The molecule has 0 unspecified atom stereocenters. The molecule has 34 heavy (non-hydrogen) atoms. The van der Waals surface area contributed by atoms with Crippen LogP contribution in [0.4, 0.5) is 0 Å². The van der Waals surface area contributed by atoms with Gasteiger partial charge in [0.2, 0.25) is 0 Å². The van der Waals surface area contributed by atoms with E-state index < -0.39 is 0 Å². The Morgan fingerprint density at radius 3 is 2.21 bits per heavy atom. The number of carbonyl (C=O) groups excluding carboxylic acids is 2. The number of piperazine rings is 1. The molecule has 172 valence electrons. The minimum absolute atomic E-state index is 0.0517. The van der Waals surface area contributed by atoms with Crippen molar-refractivity contribution in [2.45, 2.75) is 0 Å². The largest absolute Gasteiger partial charge is 0.507 e. The molecule has 8 nitrogen and oxygen atoms in total. The first kappa shape index (κ1) is 21.8. The van der Waals surface area contributed by atoms with Gasteiger partial charge in [0, 0.05) is 37.3 Å². The van der Waals surface area contributed by atoms with E-state index in [9.17, 15) is 14.7 Å². The first-order chi connectivity index (χ1) is 16.5. The zero-order valence-electron chi connectivity index (χ0n) is 18.1. The van der Waals surface area contributed by atoms with Crippen molar-refractivity contribution in [2.24, 2.45) is 0 Å². The number of amides is 2. The standard InChI is InChI=1S/C25H21ClN4O4/c26-17-7-9-18(10-8-17)30-21(23-6-3-15-34-23)16-20(27-30)25(33)29-13-11-28(12-14-29)24(32)19-4-1-2-5-22(19)31/h1-10,15-16,31H,11-14H2. The monoisotopic (exact) mass is 476 g/mol. The van der Waals surface area contributed by atoms with Gasteiger partial charge in [0.1, 0.15) is 11.4 Å². The Kier molecular flexibility index (Phi) is 5.81. The third kappa shape index (κ3) is 4.15. The Morgan fingerprint density at radius 1 is 0.882 bits per heavy atom. The average molecular weight is 477 g/mol. The third-order valence-corrected chi connectivity index (χ3v) is 6.01. The van der Waals surface area contributed by atoms with Crippen molar-refractivity contribution in [1.82, 2.24) is 19.6 Å². The second-order valence-electron chi connectivity index (χ2n) is 7.88. The van der Waals surface area contributed by atoms with Gasteiger partial charge in [0.15, 0.2) is 11.5 Å². The van der Waals surface area contributed by atoms with Crippen LogP contribution in [0.15, 0.2) is 77.4 Å². The van der Waals surface area contributed by atoms with Gasteiger partial charge in [-0.2, -0.15) is 5.10 Å². The number of rotatable bonds is 4. The van der Waals surface area contributed by atoms with E-state index >= 15 is 0 Å². The fraction of sp³-hybridized carbons (Fsp3) is 0.160. The molecule has 0 bridgehead atoms. The highest BCUT2D eigenvalue weighted by atomic mass is 35.5. The van der Waals surface area contributed by atoms with E-state index in [1.807, 2.05) is 12.1 Å². The Balaban J connectivity index is 1.35. The second kappa shape index (κ2) is 9.07. The van der Waals surface area contributed by atoms with Gasteiger partial charge in [-0.15, -0.1) is 0 Å². The lowest BCUT2D eigenvalue weighted by Gasteiger charge is -2.34. The molecule has 1 aliphatic rings. The van der Waals surface area contributed by atoms with Crippen molar-refractivity contribution in [2.75, 3.05) is 26.2 Å².